The lowest BCUT2D eigenvalue weighted by molar-refractivity contribution is -0.127. The fraction of sp³-hybridized carbons (Fsp3) is 0.458. The summed E-state index contributed by atoms with van der Waals surface area (Å²) in [7, 11) is 1.68. The maximum Gasteiger partial charge on any atom is 0.223 e. The Balaban J connectivity index is 1.54. The van der Waals surface area contributed by atoms with E-state index in [1.165, 1.54) is 0 Å². The summed E-state index contributed by atoms with van der Waals surface area (Å²) in [5, 5.41) is 4.08. The highest BCUT2D eigenvalue weighted by Crippen LogP contribution is 2.26. The number of benzene rings is 2. The molecule has 4 nitrogen and oxygen atoms in total. The van der Waals surface area contributed by atoms with Gasteiger partial charge in [-0.05, 0) is 68.1 Å². The molecule has 1 aliphatic heterocycles. The Bertz CT molecular complexity index is 831. The van der Waals surface area contributed by atoms with Crippen LogP contribution in [0.1, 0.15) is 48.9 Å². The quantitative estimate of drug-likeness (QED) is 0.682. The van der Waals surface area contributed by atoms with Crippen LogP contribution < -0.4 is 10.1 Å². The summed E-state index contributed by atoms with van der Waals surface area (Å²) in [6.45, 7) is 6.82. The van der Waals surface area contributed by atoms with Gasteiger partial charge < -0.3 is 10.1 Å². The molecule has 1 atom stereocenters. The van der Waals surface area contributed by atoms with Crippen molar-refractivity contribution in [3.8, 4) is 5.75 Å². The van der Waals surface area contributed by atoms with E-state index in [1.54, 1.807) is 7.11 Å². The molecule has 0 spiro atoms. The minimum Gasteiger partial charge on any atom is -0.496 e. The maximum absolute atomic E-state index is 12.9. The summed E-state index contributed by atoms with van der Waals surface area (Å²) in [6, 6.07) is 14.2. The number of ether oxygens (including phenoxy) is 1. The van der Waals surface area contributed by atoms with Gasteiger partial charge in [-0.1, -0.05) is 48.9 Å². The van der Waals surface area contributed by atoms with Gasteiger partial charge in [-0.2, -0.15) is 0 Å². The van der Waals surface area contributed by atoms with Crippen LogP contribution in [-0.4, -0.2) is 31.0 Å². The van der Waals surface area contributed by atoms with Crippen molar-refractivity contribution in [1.82, 2.24) is 10.2 Å². The summed E-state index contributed by atoms with van der Waals surface area (Å²) >= 11 is 6.29. The summed E-state index contributed by atoms with van der Waals surface area (Å²) in [4.78, 5) is 15.3. The van der Waals surface area contributed by atoms with Crippen LogP contribution in [0.25, 0.3) is 0 Å². The molecule has 1 N–H and O–H groups in total. The largest absolute Gasteiger partial charge is 0.496 e. The van der Waals surface area contributed by atoms with E-state index in [4.69, 9.17) is 16.3 Å². The van der Waals surface area contributed by atoms with Crippen LogP contribution in [0.5, 0.6) is 5.75 Å². The van der Waals surface area contributed by atoms with Crippen LogP contribution in [-0.2, 0) is 11.3 Å². The summed E-state index contributed by atoms with van der Waals surface area (Å²) in [6.07, 6.45) is 2.63. The first-order valence-electron chi connectivity index (χ1n) is 10.4. The number of nitrogens with zero attached hydrogens (tertiary/aromatic N) is 1. The maximum atomic E-state index is 12.9. The molecule has 2 aromatic carbocycles. The third-order valence-electron chi connectivity index (χ3n) is 5.86. The van der Waals surface area contributed by atoms with Crippen LogP contribution >= 0.6 is 11.6 Å². The lowest BCUT2D eigenvalue weighted by Crippen LogP contribution is -2.41. The summed E-state index contributed by atoms with van der Waals surface area (Å²) in [5.74, 6) is 1.12. The highest BCUT2D eigenvalue weighted by atomic mass is 35.5. The smallest absolute Gasteiger partial charge is 0.223 e. The predicted molar refractivity (Wildman–Crippen MR) is 118 cm³/mol. The number of nitrogens with one attached hydrogen (secondary N) is 1. The minimum atomic E-state index is 0.0354. The van der Waals surface area contributed by atoms with Crippen LogP contribution in [0.2, 0.25) is 5.02 Å². The topological polar surface area (TPSA) is 41.6 Å². The number of rotatable bonds is 7. The number of carbonyl (C=O) groups excluding carboxylic acids is 1. The summed E-state index contributed by atoms with van der Waals surface area (Å²) < 4.78 is 5.35. The number of hydrogen-bond donors (Lipinski definition) is 1. The van der Waals surface area contributed by atoms with E-state index >= 15 is 0 Å². The van der Waals surface area contributed by atoms with Gasteiger partial charge in [0.05, 0.1) is 13.2 Å². The van der Waals surface area contributed by atoms with Crippen molar-refractivity contribution in [2.45, 2.75) is 45.7 Å². The molecule has 1 aliphatic rings. The minimum absolute atomic E-state index is 0.0354. The third-order valence-corrected chi connectivity index (χ3v) is 6.22. The van der Waals surface area contributed by atoms with Gasteiger partial charge in [0.2, 0.25) is 5.91 Å². The molecule has 2 aromatic rings. The van der Waals surface area contributed by atoms with Crippen LogP contribution in [0, 0.1) is 12.8 Å². The van der Waals surface area contributed by atoms with Gasteiger partial charge in [-0.3, -0.25) is 9.69 Å². The van der Waals surface area contributed by atoms with E-state index in [2.05, 4.69) is 29.3 Å². The average Bonchev–Trinajstić information content (AvgIpc) is 2.74. The second kappa shape index (κ2) is 10.1. The molecule has 0 aromatic heterocycles. The number of methoxy groups -OCH3 is 1. The Kier molecular flexibility index (Phi) is 7.57. The highest BCUT2D eigenvalue weighted by molar-refractivity contribution is 6.31. The Morgan fingerprint density at radius 3 is 2.59 bits per heavy atom. The zero-order valence-electron chi connectivity index (χ0n) is 17.6. The second-order valence-corrected chi connectivity index (χ2v) is 8.25. The lowest BCUT2D eigenvalue weighted by atomic mass is 9.94. The number of amides is 1. The fourth-order valence-corrected chi connectivity index (χ4v) is 4.25. The molecule has 156 valence electrons. The molecule has 1 unspecified atom stereocenters. The van der Waals surface area contributed by atoms with Gasteiger partial charge in [0.15, 0.2) is 0 Å². The van der Waals surface area contributed by atoms with Crippen LogP contribution in [0.3, 0.4) is 0 Å². The monoisotopic (exact) mass is 414 g/mol. The molecule has 3 rings (SSSR count). The second-order valence-electron chi connectivity index (χ2n) is 7.84. The first-order valence-corrected chi connectivity index (χ1v) is 10.8. The number of likely N-dealkylation sites (tertiary alicyclic amines) is 1. The molecule has 1 amide bonds. The first kappa shape index (κ1) is 21.7. The van der Waals surface area contributed by atoms with E-state index in [0.29, 0.717) is 0 Å². The van der Waals surface area contributed by atoms with Crippen molar-refractivity contribution in [1.29, 1.82) is 0 Å². The van der Waals surface area contributed by atoms with Crippen molar-refractivity contribution in [2.24, 2.45) is 5.92 Å². The average molecular weight is 415 g/mol. The fourth-order valence-electron chi connectivity index (χ4n) is 4.05. The number of hydrogen-bond acceptors (Lipinski definition) is 3. The van der Waals surface area contributed by atoms with E-state index in [0.717, 1.165) is 66.4 Å². The first-order chi connectivity index (χ1) is 14.0. The van der Waals surface area contributed by atoms with E-state index < -0.39 is 0 Å². The van der Waals surface area contributed by atoms with Gasteiger partial charge in [-0.15, -0.1) is 0 Å². The molecule has 5 heteroatoms. The van der Waals surface area contributed by atoms with Crippen molar-refractivity contribution in [2.75, 3.05) is 20.2 Å². The van der Waals surface area contributed by atoms with E-state index in [1.807, 2.05) is 37.3 Å². The van der Waals surface area contributed by atoms with Gasteiger partial charge in [0, 0.05) is 17.5 Å². The Morgan fingerprint density at radius 1 is 1.24 bits per heavy atom. The predicted octanol–water partition coefficient (Wildman–Crippen LogP) is 5.14. The van der Waals surface area contributed by atoms with Gasteiger partial charge >= 0.3 is 0 Å². The van der Waals surface area contributed by atoms with E-state index in [-0.39, 0.29) is 17.9 Å². The highest BCUT2D eigenvalue weighted by Gasteiger charge is 2.27. The molecular weight excluding hydrogens is 384 g/mol. The molecule has 1 fully saturated rings. The lowest BCUT2D eigenvalue weighted by Gasteiger charge is -2.32. The van der Waals surface area contributed by atoms with Crippen LogP contribution in [0.15, 0.2) is 42.5 Å². The molecule has 29 heavy (non-hydrogen) atoms. The third kappa shape index (κ3) is 5.52. The molecule has 1 heterocycles. The molecular formula is C24H31ClN2O2. The summed E-state index contributed by atoms with van der Waals surface area (Å²) in [5.41, 5.74) is 3.37. The van der Waals surface area contributed by atoms with Gasteiger partial charge in [0.1, 0.15) is 5.75 Å². The Morgan fingerprint density at radius 2 is 1.97 bits per heavy atom. The SMILES string of the molecule is CCC(NC(=O)C1CCN(Cc2ccccc2Cl)CC1)c1ccc(OC)c(C)c1. The Hall–Kier alpha value is -2.04. The van der Waals surface area contributed by atoms with Crippen molar-refractivity contribution >= 4 is 17.5 Å². The Labute approximate surface area is 179 Å². The van der Waals surface area contributed by atoms with Crippen molar-refractivity contribution in [3.63, 3.8) is 0 Å². The molecule has 0 bridgehead atoms. The zero-order chi connectivity index (χ0) is 20.8. The van der Waals surface area contributed by atoms with Crippen molar-refractivity contribution in [3.05, 3.63) is 64.2 Å². The number of piperidine rings is 1. The molecule has 0 radical (unpaired) electrons. The van der Waals surface area contributed by atoms with Crippen molar-refractivity contribution < 1.29 is 9.53 Å². The molecule has 0 saturated carbocycles. The molecule has 1 saturated heterocycles. The standard InChI is InChI=1S/C24H31ClN2O2/c1-4-22(19-9-10-23(29-3)17(2)15-19)26-24(28)18-11-13-27(14-12-18)16-20-7-5-6-8-21(20)25/h5-10,15,18,22H,4,11-14,16H2,1-3H3,(H,26,28). The number of aryl methyl sites for hydroxylation is 1. The number of halogens is 1. The van der Waals surface area contributed by atoms with Gasteiger partial charge in [0.25, 0.3) is 0 Å². The number of carbonyl (C=O) groups is 1. The normalized spacial score (nSPS) is 16.4. The van der Waals surface area contributed by atoms with E-state index in [9.17, 15) is 4.79 Å². The zero-order valence-corrected chi connectivity index (χ0v) is 18.3. The molecule has 0 aliphatic carbocycles. The van der Waals surface area contributed by atoms with Crippen LogP contribution in [0.4, 0.5) is 0 Å². The van der Waals surface area contributed by atoms with Gasteiger partial charge in [-0.25, -0.2) is 0 Å².